The van der Waals surface area contributed by atoms with Gasteiger partial charge in [0.05, 0.1) is 18.6 Å². The van der Waals surface area contributed by atoms with Crippen LogP contribution >= 0.6 is 0 Å². The first kappa shape index (κ1) is 15.6. The summed E-state index contributed by atoms with van der Waals surface area (Å²) in [5.41, 5.74) is 7.46. The maximum atomic E-state index is 12.3. The molecule has 1 aromatic carbocycles. The molecule has 8 heteroatoms. The van der Waals surface area contributed by atoms with Crippen molar-refractivity contribution in [1.29, 1.82) is 0 Å². The Morgan fingerprint density at radius 1 is 1.33 bits per heavy atom. The van der Waals surface area contributed by atoms with Crippen LogP contribution in [0.25, 0.3) is 0 Å². The predicted octanol–water partition coefficient (Wildman–Crippen LogP) is 1.06. The van der Waals surface area contributed by atoms with Gasteiger partial charge in [0.25, 0.3) is 0 Å². The number of nitrogen functional groups attached to an aromatic ring is 1. The molecule has 124 valence electrons. The monoisotopic (exact) mass is 328 g/mol. The van der Waals surface area contributed by atoms with Crippen LogP contribution in [0.5, 0.6) is 5.75 Å². The lowest BCUT2D eigenvalue weighted by Gasteiger charge is -2.29. The quantitative estimate of drug-likeness (QED) is 0.606. The maximum absolute atomic E-state index is 12.3. The Bertz CT molecular complexity index is 899. The molecule has 8 nitrogen and oxygen atoms in total. The third-order valence-electron chi connectivity index (χ3n) is 3.92. The van der Waals surface area contributed by atoms with Crippen molar-refractivity contribution < 1.29 is 14.6 Å². The minimum atomic E-state index is -0.586. The van der Waals surface area contributed by atoms with E-state index < -0.39 is 17.6 Å². The second-order valence-electron chi connectivity index (χ2n) is 5.40. The lowest BCUT2D eigenvalue weighted by molar-refractivity contribution is -0.136. The van der Waals surface area contributed by atoms with Gasteiger partial charge in [0.1, 0.15) is 17.4 Å². The van der Waals surface area contributed by atoms with Crippen LogP contribution in [-0.2, 0) is 9.53 Å². The highest BCUT2D eigenvalue weighted by molar-refractivity contribution is 5.95. The fraction of sp³-hybridized carbons (Fsp3) is 0.188. The molecule has 0 radical (unpaired) electrons. The van der Waals surface area contributed by atoms with Gasteiger partial charge < -0.3 is 20.9 Å². The van der Waals surface area contributed by atoms with Gasteiger partial charge in [0.15, 0.2) is 0 Å². The van der Waals surface area contributed by atoms with Crippen molar-refractivity contribution >= 4 is 17.6 Å². The average Bonchev–Trinajstić information content (AvgIpc) is 2.53. The number of H-pyrrole nitrogens is 1. The van der Waals surface area contributed by atoms with Crippen molar-refractivity contribution in [3.8, 4) is 5.75 Å². The summed E-state index contributed by atoms with van der Waals surface area (Å²) >= 11 is 0. The van der Waals surface area contributed by atoms with E-state index in [1.165, 1.54) is 19.2 Å². The highest BCUT2D eigenvalue weighted by Crippen LogP contribution is 2.43. The lowest BCUT2D eigenvalue weighted by atomic mass is 9.82. The number of nitrogens with one attached hydrogen (secondary N) is 2. The van der Waals surface area contributed by atoms with Gasteiger partial charge in [-0.15, -0.1) is 0 Å². The molecule has 1 aliphatic rings. The summed E-state index contributed by atoms with van der Waals surface area (Å²) in [6, 6.07) is 6.37. The number of hydrogen-bond donors (Lipinski definition) is 4. The summed E-state index contributed by atoms with van der Waals surface area (Å²) in [5.74, 6) is -0.599. The minimum absolute atomic E-state index is 0.0980. The largest absolute Gasteiger partial charge is 0.508 e. The number of esters is 1. The third-order valence-corrected chi connectivity index (χ3v) is 3.92. The van der Waals surface area contributed by atoms with Crippen LogP contribution in [0.15, 0.2) is 40.3 Å². The first-order valence-corrected chi connectivity index (χ1v) is 7.17. The Balaban J connectivity index is 2.29. The molecule has 0 spiro atoms. The average molecular weight is 328 g/mol. The Kier molecular flexibility index (Phi) is 3.72. The molecule has 1 aliphatic heterocycles. The van der Waals surface area contributed by atoms with Crippen LogP contribution < -0.4 is 16.7 Å². The number of allylic oxidation sites excluding steroid dienone is 1. The Morgan fingerprint density at radius 3 is 2.62 bits per heavy atom. The number of methoxy groups -OCH3 is 1. The summed E-state index contributed by atoms with van der Waals surface area (Å²) in [6.45, 7) is 1.70. The summed E-state index contributed by atoms with van der Waals surface area (Å²) in [6.07, 6.45) is 0. The number of ether oxygens (including phenoxy) is 1. The number of aromatic amines is 1. The Labute approximate surface area is 137 Å². The Hall–Kier alpha value is -3.29. The predicted molar refractivity (Wildman–Crippen MR) is 87.6 cm³/mol. The number of carbonyl (C=O) groups excluding carboxylic acids is 1. The molecule has 0 fully saturated rings. The van der Waals surface area contributed by atoms with Crippen molar-refractivity contribution in [3.63, 3.8) is 0 Å². The number of aromatic nitrogens is 2. The van der Waals surface area contributed by atoms with Crippen molar-refractivity contribution in [2.24, 2.45) is 0 Å². The van der Waals surface area contributed by atoms with Gasteiger partial charge >= 0.3 is 11.7 Å². The highest BCUT2D eigenvalue weighted by Gasteiger charge is 2.35. The molecule has 3 rings (SSSR count). The number of nitrogens with two attached hydrogens (primary N) is 1. The highest BCUT2D eigenvalue weighted by atomic mass is 16.5. The van der Waals surface area contributed by atoms with Gasteiger partial charge in [0, 0.05) is 11.3 Å². The molecular weight excluding hydrogens is 312 g/mol. The number of benzene rings is 1. The molecule has 1 atom stereocenters. The molecule has 0 aliphatic carbocycles. The van der Waals surface area contributed by atoms with Crippen LogP contribution in [0.1, 0.15) is 24.0 Å². The number of carbonyl (C=O) groups is 1. The third kappa shape index (κ3) is 2.47. The Morgan fingerprint density at radius 2 is 2.00 bits per heavy atom. The van der Waals surface area contributed by atoms with E-state index in [2.05, 4.69) is 15.3 Å². The summed E-state index contributed by atoms with van der Waals surface area (Å²) in [5, 5.41) is 12.5. The maximum Gasteiger partial charge on any atom is 0.348 e. The number of nitrogens with zero attached hydrogens (tertiary/aromatic N) is 1. The number of phenolic OH excluding ortho intramolecular Hbond substituents is 1. The van der Waals surface area contributed by atoms with E-state index in [0.717, 1.165) is 0 Å². The van der Waals surface area contributed by atoms with Crippen molar-refractivity contribution in [1.82, 2.24) is 9.97 Å². The topological polar surface area (TPSA) is 130 Å². The van der Waals surface area contributed by atoms with Gasteiger partial charge in [-0.1, -0.05) is 12.1 Å². The van der Waals surface area contributed by atoms with E-state index in [1.807, 2.05) is 0 Å². The fourth-order valence-corrected chi connectivity index (χ4v) is 2.87. The zero-order valence-corrected chi connectivity index (χ0v) is 13.1. The standard InChI is InChI=1S/C16H16N4O4/c1-7-10(15(22)24-2)11(8-3-5-9(21)6-4-8)12-13(17)19-16(23)20-14(12)18-7/h3-6,11,21H,1-2H3,(H4,17,18,19,20,23). The number of rotatable bonds is 2. The summed E-state index contributed by atoms with van der Waals surface area (Å²) < 4.78 is 4.89. The van der Waals surface area contributed by atoms with Crippen LogP contribution in [0.2, 0.25) is 0 Å². The lowest BCUT2D eigenvalue weighted by Crippen LogP contribution is -2.28. The van der Waals surface area contributed by atoms with Crippen LogP contribution in [-0.4, -0.2) is 28.2 Å². The van der Waals surface area contributed by atoms with E-state index in [1.54, 1.807) is 19.1 Å². The first-order valence-electron chi connectivity index (χ1n) is 7.17. The number of aromatic hydroxyl groups is 1. The van der Waals surface area contributed by atoms with Gasteiger partial charge in [0.2, 0.25) is 0 Å². The minimum Gasteiger partial charge on any atom is -0.508 e. The first-order chi connectivity index (χ1) is 11.4. The van der Waals surface area contributed by atoms with E-state index in [-0.39, 0.29) is 11.6 Å². The molecule has 24 heavy (non-hydrogen) atoms. The zero-order chi connectivity index (χ0) is 17.4. The molecule has 0 bridgehead atoms. The second kappa shape index (κ2) is 5.73. The van der Waals surface area contributed by atoms with E-state index in [9.17, 15) is 14.7 Å². The zero-order valence-electron chi connectivity index (χ0n) is 13.1. The normalized spacial score (nSPS) is 16.3. The van der Waals surface area contributed by atoms with Crippen molar-refractivity contribution in [2.45, 2.75) is 12.8 Å². The molecular formula is C16H16N4O4. The van der Waals surface area contributed by atoms with Gasteiger partial charge in [-0.05, 0) is 24.6 Å². The number of fused-ring (bicyclic) bond motifs is 1. The molecule has 2 aromatic rings. The number of phenols is 1. The molecule has 5 N–H and O–H groups in total. The molecule has 0 saturated carbocycles. The van der Waals surface area contributed by atoms with Gasteiger partial charge in [-0.25, -0.2) is 9.59 Å². The second-order valence-corrected chi connectivity index (χ2v) is 5.40. The van der Waals surface area contributed by atoms with E-state index in [0.29, 0.717) is 28.2 Å². The summed E-state index contributed by atoms with van der Waals surface area (Å²) in [7, 11) is 1.29. The fourth-order valence-electron chi connectivity index (χ4n) is 2.87. The SMILES string of the molecule is COC(=O)C1=C(C)Nc2nc(=O)[nH]c(N)c2C1c1ccc(O)cc1. The van der Waals surface area contributed by atoms with Crippen LogP contribution in [0.4, 0.5) is 11.6 Å². The summed E-state index contributed by atoms with van der Waals surface area (Å²) in [4.78, 5) is 30.3. The van der Waals surface area contributed by atoms with Gasteiger partial charge in [-0.2, -0.15) is 4.98 Å². The molecule has 1 unspecified atom stereocenters. The molecule has 0 amide bonds. The van der Waals surface area contributed by atoms with E-state index in [4.69, 9.17) is 10.5 Å². The molecule has 0 saturated heterocycles. The number of hydrogen-bond acceptors (Lipinski definition) is 7. The van der Waals surface area contributed by atoms with Gasteiger partial charge in [-0.3, -0.25) is 4.98 Å². The molecule has 2 heterocycles. The molecule has 1 aromatic heterocycles. The van der Waals surface area contributed by atoms with E-state index >= 15 is 0 Å². The number of anilines is 2. The smallest absolute Gasteiger partial charge is 0.348 e. The van der Waals surface area contributed by atoms with Crippen LogP contribution in [0, 0.1) is 0 Å². The van der Waals surface area contributed by atoms with Crippen LogP contribution in [0.3, 0.4) is 0 Å². The van der Waals surface area contributed by atoms with Crippen molar-refractivity contribution in [2.75, 3.05) is 18.2 Å². The van der Waals surface area contributed by atoms with Crippen molar-refractivity contribution in [3.05, 3.63) is 57.1 Å².